The number of aliphatic carboxylic acids is 1. The lowest BCUT2D eigenvalue weighted by molar-refractivity contribution is -0.188. The van der Waals surface area contributed by atoms with Crippen molar-refractivity contribution in [1.29, 1.82) is 0 Å². The average Bonchev–Trinajstić information content (AvgIpc) is 2.77. The molecule has 1 saturated heterocycles. The summed E-state index contributed by atoms with van der Waals surface area (Å²) < 4.78 is 18.3. The molecule has 32 heavy (non-hydrogen) atoms. The Hall–Kier alpha value is -2.53. The van der Waals surface area contributed by atoms with E-state index in [1.807, 2.05) is 38.1 Å². The molecule has 0 spiro atoms. The van der Waals surface area contributed by atoms with E-state index in [0.717, 1.165) is 41.9 Å². The van der Waals surface area contributed by atoms with Crippen molar-refractivity contribution in [1.82, 2.24) is 0 Å². The van der Waals surface area contributed by atoms with Crippen LogP contribution >= 0.6 is 0 Å². The fourth-order valence-electron chi connectivity index (χ4n) is 5.25. The van der Waals surface area contributed by atoms with E-state index in [2.05, 4.69) is 25.1 Å². The van der Waals surface area contributed by atoms with Gasteiger partial charge >= 0.3 is 5.97 Å². The number of aryl methyl sites for hydroxylation is 2. The van der Waals surface area contributed by atoms with E-state index in [1.54, 1.807) is 7.11 Å². The van der Waals surface area contributed by atoms with Crippen molar-refractivity contribution in [3.05, 3.63) is 59.2 Å². The van der Waals surface area contributed by atoms with Crippen LogP contribution in [0.3, 0.4) is 0 Å². The molecule has 0 aromatic heterocycles. The summed E-state index contributed by atoms with van der Waals surface area (Å²) in [5, 5.41) is 10.0. The first kappa shape index (κ1) is 22.7. The van der Waals surface area contributed by atoms with E-state index < -0.39 is 17.5 Å². The Balaban J connectivity index is 1.61. The van der Waals surface area contributed by atoms with Crippen molar-refractivity contribution >= 4 is 5.97 Å². The highest BCUT2D eigenvalue weighted by molar-refractivity contribution is 5.71. The monoisotopic (exact) mass is 438 g/mol. The number of carboxylic acid groups (broad SMARTS) is 1. The van der Waals surface area contributed by atoms with E-state index in [9.17, 15) is 9.90 Å². The molecule has 2 aromatic carbocycles. The average molecular weight is 439 g/mol. The highest BCUT2D eigenvalue weighted by atomic mass is 16.5. The van der Waals surface area contributed by atoms with Gasteiger partial charge in [-0.1, -0.05) is 31.5 Å². The highest BCUT2D eigenvalue weighted by Gasteiger charge is 2.51. The summed E-state index contributed by atoms with van der Waals surface area (Å²) in [6.45, 7) is 6.27. The second kappa shape index (κ2) is 9.14. The topological polar surface area (TPSA) is 65.0 Å². The van der Waals surface area contributed by atoms with Gasteiger partial charge in [0.1, 0.15) is 17.1 Å². The van der Waals surface area contributed by atoms with Crippen LogP contribution in [0.1, 0.15) is 62.8 Å². The van der Waals surface area contributed by atoms with Gasteiger partial charge in [0.25, 0.3) is 0 Å². The van der Waals surface area contributed by atoms with Crippen LogP contribution in [0.4, 0.5) is 0 Å². The molecule has 2 aliphatic rings. The van der Waals surface area contributed by atoms with Crippen LogP contribution in [0.5, 0.6) is 11.5 Å². The van der Waals surface area contributed by atoms with Gasteiger partial charge < -0.3 is 19.3 Å². The summed E-state index contributed by atoms with van der Waals surface area (Å²) in [7, 11) is 1.65. The number of hydrogen-bond donors (Lipinski definition) is 1. The molecule has 2 aromatic rings. The minimum atomic E-state index is -0.791. The third kappa shape index (κ3) is 4.49. The van der Waals surface area contributed by atoms with Gasteiger partial charge in [-0.15, -0.1) is 0 Å². The largest absolute Gasteiger partial charge is 0.497 e. The summed E-state index contributed by atoms with van der Waals surface area (Å²) in [5.41, 5.74) is 2.97. The number of hydrogen-bond acceptors (Lipinski definition) is 4. The van der Waals surface area contributed by atoms with Gasteiger partial charge in [0.15, 0.2) is 0 Å². The van der Waals surface area contributed by atoms with Crippen LogP contribution in [-0.4, -0.2) is 29.9 Å². The molecule has 2 aliphatic heterocycles. The van der Waals surface area contributed by atoms with Crippen LogP contribution in [0, 0.1) is 11.8 Å². The Morgan fingerprint density at radius 2 is 1.94 bits per heavy atom. The van der Waals surface area contributed by atoms with Crippen molar-refractivity contribution in [2.45, 2.75) is 70.7 Å². The molecule has 4 atom stereocenters. The van der Waals surface area contributed by atoms with E-state index >= 15 is 0 Å². The summed E-state index contributed by atoms with van der Waals surface area (Å²) >= 11 is 0. The molecule has 0 unspecified atom stereocenters. The van der Waals surface area contributed by atoms with Crippen molar-refractivity contribution in [3.8, 4) is 11.5 Å². The third-order valence-corrected chi connectivity index (χ3v) is 7.00. The third-order valence-electron chi connectivity index (χ3n) is 7.00. The zero-order chi connectivity index (χ0) is 22.9. The molecule has 0 aliphatic carbocycles. The Bertz CT molecular complexity index is 966. The second-order valence-electron chi connectivity index (χ2n) is 9.60. The zero-order valence-electron chi connectivity index (χ0n) is 19.5. The number of rotatable bonds is 7. The molecule has 5 nitrogen and oxygen atoms in total. The first-order valence-electron chi connectivity index (χ1n) is 11.7. The van der Waals surface area contributed by atoms with Crippen LogP contribution < -0.4 is 9.47 Å². The van der Waals surface area contributed by atoms with E-state index in [-0.39, 0.29) is 18.1 Å². The number of ether oxygens (including phenoxy) is 3. The van der Waals surface area contributed by atoms with Gasteiger partial charge in [0, 0.05) is 11.5 Å². The van der Waals surface area contributed by atoms with Gasteiger partial charge in [0.05, 0.1) is 25.2 Å². The normalized spacial score (nSPS) is 25.9. The van der Waals surface area contributed by atoms with Crippen LogP contribution in [0.2, 0.25) is 0 Å². The summed E-state index contributed by atoms with van der Waals surface area (Å²) in [6.07, 6.45) is 3.51. The summed E-state index contributed by atoms with van der Waals surface area (Å²) in [6, 6.07) is 14.3. The lowest BCUT2D eigenvalue weighted by Crippen LogP contribution is -2.52. The number of benzene rings is 2. The number of fused-ring (bicyclic) bond motifs is 3. The number of carboxylic acids is 1. The molecule has 4 rings (SSSR count). The molecule has 1 fully saturated rings. The Morgan fingerprint density at radius 3 is 2.66 bits per heavy atom. The predicted octanol–water partition coefficient (Wildman–Crippen LogP) is 5.60. The molecule has 0 radical (unpaired) electrons. The maximum atomic E-state index is 12.2. The molecule has 0 bridgehead atoms. The quantitative estimate of drug-likeness (QED) is 0.610. The van der Waals surface area contributed by atoms with Gasteiger partial charge in [-0.05, 0) is 74.9 Å². The molecule has 1 N–H and O–H groups in total. The SMILES string of the molecule is CCCc1ccc2c(c1)[C@@H]1O[C@H](CCc3cccc(OC)c3)[C@@H](C(=O)O)C[C@H]1C(C)(C)O2. The molecule has 2 heterocycles. The van der Waals surface area contributed by atoms with E-state index in [4.69, 9.17) is 14.2 Å². The van der Waals surface area contributed by atoms with Crippen molar-refractivity contribution < 1.29 is 24.1 Å². The first-order chi connectivity index (χ1) is 15.3. The highest BCUT2D eigenvalue weighted by Crippen LogP contribution is 2.52. The lowest BCUT2D eigenvalue weighted by atomic mass is 9.71. The Morgan fingerprint density at radius 1 is 1.16 bits per heavy atom. The minimum Gasteiger partial charge on any atom is -0.497 e. The number of methoxy groups -OCH3 is 1. The smallest absolute Gasteiger partial charge is 0.309 e. The maximum Gasteiger partial charge on any atom is 0.309 e. The van der Waals surface area contributed by atoms with Gasteiger partial charge in [-0.25, -0.2) is 0 Å². The molecule has 172 valence electrons. The van der Waals surface area contributed by atoms with Crippen molar-refractivity contribution in [2.75, 3.05) is 7.11 Å². The standard InChI is InChI=1S/C27H34O5/c1-5-7-17-11-13-24-20(15-17)25-22(27(2,3)32-24)16-21(26(28)29)23(31-25)12-10-18-8-6-9-19(14-18)30-4/h6,8-9,11,13-15,21-23,25H,5,7,10,12,16H2,1-4H3,(H,28,29)/t21-,22+,23+,25-/m0/s1. The molecule has 0 amide bonds. The number of carbonyl (C=O) groups is 1. The molecular formula is C27H34O5. The minimum absolute atomic E-state index is 0.0129. The predicted molar refractivity (Wildman–Crippen MR) is 123 cm³/mol. The van der Waals surface area contributed by atoms with Crippen molar-refractivity contribution in [2.24, 2.45) is 11.8 Å². The van der Waals surface area contributed by atoms with Gasteiger partial charge in [-0.3, -0.25) is 4.79 Å². The van der Waals surface area contributed by atoms with Crippen LogP contribution in [-0.2, 0) is 22.4 Å². The fraction of sp³-hybridized carbons (Fsp3) is 0.519. The van der Waals surface area contributed by atoms with Crippen LogP contribution in [0.25, 0.3) is 0 Å². The molecule has 0 saturated carbocycles. The van der Waals surface area contributed by atoms with Crippen molar-refractivity contribution in [3.63, 3.8) is 0 Å². The van der Waals surface area contributed by atoms with Gasteiger partial charge in [0.2, 0.25) is 0 Å². The summed E-state index contributed by atoms with van der Waals surface area (Å²) in [5.74, 6) is 0.313. The van der Waals surface area contributed by atoms with Gasteiger partial charge in [-0.2, -0.15) is 0 Å². The van der Waals surface area contributed by atoms with Crippen LogP contribution in [0.15, 0.2) is 42.5 Å². The zero-order valence-corrected chi connectivity index (χ0v) is 19.5. The first-order valence-corrected chi connectivity index (χ1v) is 11.7. The van der Waals surface area contributed by atoms with E-state index in [1.165, 1.54) is 5.56 Å². The Labute approximate surface area is 190 Å². The lowest BCUT2D eigenvalue weighted by Gasteiger charge is -2.50. The summed E-state index contributed by atoms with van der Waals surface area (Å²) in [4.78, 5) is 12.2. The fourth-order valence-corrected chi connectivity index (χ4v) is 5.25. The van der Waals surface area contributed by atoms with E-state index in [0.29, 0.717) is 12.8 Å². The molecular weight excluding hydrogens is 404 g/mol. The Kier molecular flexibility index (Phi) is 6.47. The molecule has 5 heteroatoms. The second-order valence-corrected chi connectivity index (χ2v) is 9.60. The maximum absolute atomic E-state index is 12.2.